The van der Waals surface area contributed by atoms with Crippen molar-refractivity contribution in [1.29, 1.82) is 0 Å². The van der Waals surface area contributed by atoms with E-state index in [1.807, 2.05) is 0 Å². The summed E-state index contributed by atoms with van der Waals surface area (Å²) in [7, 11) is -1.83. The molecular formula is C26H30F2N4O7S. The molecule has 1 spiro atoms. The predicted molar refractivity (Wildman–Crippen MR) is 140 cm³/mol. The number of nitrogens with zero attached hydrogens (tertiary/aromatic N) is 1. The second kappa shape index (κ2) is 11.8. The van der Waals surface area contributed by atoms with Crippen molar-refractivity contribution in [3.05, 3.63) is 47.5 Å². The Morgan fingerprint density at radius 2 is 1.75 bits per heavy atom. The van der Waals surface area contributed by atoms with Gasteiger partial charge < -0.3 is 19.7 Å². The van der Waals surface area contributed by atoms with Gasteiger partial charge in [-0.25, -0.2) is 22.0 Å². The van der Waals surface area contributed by atoms with Crippen molar-refractivity contribution in [1.82, 2.24) is 15.5 Å². The number of hydrogen-bond acceptors (Lipinski definition) is 8. The molecule has 3 amide bonds. The molecule has 2 fully saturated rings. The minimum atomic E-state index is -4.48. The van der Waals surface area contributed by atoms with Gasteiger partial charge in [-0.2, -0.15) is 0 Å². The number of rotatable bonds is 11. The molecule has 3 N–H and O–H groups in total. The van der Waals surface area contributed by atoms with Crippen molar-refractivity contribution in [2.75, 3.05) is 38.6 Å². The van der Waals surface area contributed by atoms with Crippen LogP contribution in [0.5, 0.6) is 11.5 Å². The van der Waals surface area contributed by atoms with Gasteiger partial charge >= 0.3 is 6.03 Å². The molecule has 2 aliphatic rings. The number of nitrogens with one attached hydrogen (secondary N) is 3. The number of amides is 3. The van der Waals surface area contributed by atoms with E-state index < -0.39 is 38.1 Å². The van der Waals surface area contributed by atoms with Gasteiger partial charge in [0, 0.05) is 31.6 Å². The number of hydrogen-bond donors (Lipinski definition) is 3. The molecule has 2 aromatic carbocycles. The van der Waals surface area contributed by atoms with Crippen LogP contribution < -0.4 is 24.8 Å². The van der Waals surface area contributed by atoms with E-state index in [-0.39, 0.29) is 40.9 Å². The summed E-state index contributed by atoms with van der Waals surface area (Å²) in [5.41, 5.74) is -0.833. The molecule has 11 nitrogen and oxygen atoms in total. The third kappa shape index (κ3) is 6.17. The summed E-state index contributed by atoms with van der Waals surface area (Å²) >= 11 is 0. The highest BCUT2D eigenvalue weighted by molar-refractivity contribution is 7.92. The van der Waals surface area contributed by atoms with E-state index in [1.54, 1.807) is 0 Å². The van der Waals surface area contributed by atoms with Gasteiger partial charge in [0.1, 0.15) is 33.6 Å². The number of sulfonamides is 1. The summed E-state index contributed by atoms with van der Waals surface area (Å²) < 4.78 is 65.9. The van der Waals surface area contributed by atoms with Crippen LogP contribution in [0.1, 0.15) is 42.5 Å². The smallest absolute Gasteiger partial charge is 0.322 e. The number of halogens is 2. The van der Waals surface area contributed by atoms with Crippen molar-refractivity contribution in [3.63, 3.8) is 0 Å². The van der Waals surface area contributed by atoms with Gasteiger partial charge in [-0.3, -0.25) is 19.6 Å². The zero-order chi connectivity index (χ0) is 29.1. The molecule has 40 heavy (non-hydrogen) atoms. The van der Waals surface area contributed by atoms with Gasteiger partial charge in [-0.15, -0.1) is 0 Å². The number of unbranched alkanes of at least 4 members (excludes halogenated alkanes) is 1. The molecule has 2 heterocycles. The van der Waals surface area contributed by atoms with Gasteiger partial charge in [0.15, 0.2) is 5.78 Å². The van der Waals surface area contributed by atoms with E-state index >= 15 is 0 Å². The maximum absolute atomic E-state index is 14.2. The van der Waals surface area contributed by atoms with Crippen LogP contribution in [-0.2, 0) is 14.8 Å². The van der Waals surface area contributed by atoms with E-state index in [0.717, 1.165) is 12.1 Å². The van der Waals surface area contributed by atoms with E-state index in [1.165, 1.54) is 26.4 Å². The van der Waals surface area contributed by atoms with Crippen LogP contribution in [0.3, 0.4) is 0 Å². The van der Waals surface area contributed by atoms with E-state index in [9.17, 15) is 31.6 Å². The monoisotopic (exact) mass is 580 g/mol. The zero-order valence-electron chi connectivity index (χ0n) is 22.0. The summed E-state index contributed by atoms with van der Waals surface area (Å²) in [5, 5.41) is 5.01. The number of methoxy groups -OCH3 is 2. The molecule has 0 unspecified atom stereocenters. The fourth-order valence-corrected chi connectivity index (χ4v) is 6.01. The lowest BCUT2D eigenvalue weighted by Crippen LogP contribution is -2.54. The first kappa shape index (κ1) is 29.2. The molecule has 216 valence electrons. The topological polar surface area (TPSA) is 143 Å². The predicted octanol–water partition coefficient (Wildman–Crippen LogP) is 2.81. The molecule has 2 aliphatic heterocycles. The number of ether oxygens (including phenoxy) is 2. The zero-order valence-corrected chi connectivity index (χ0v) is 22.8. The summed E-state index contributed by atoms with van der Waals surface area (Å²) in [4.78, 5) is 38.1. The van der Waals surface area contributed by atoms with Gasteiger partial charge in [-0.1, -0.05) is 0 Å². The number of ketones is 1. The number of benzene rings is 2. The Kier molecular flexibility index (Phi) is 8.59. The Hall–Kier alpha value is -3.78. The quantitative estimate of drug-likeness (QED) is 0.209. The molecule has 0 aliphatic carbocycles. The highest BCUT2D eigenvalue weighted by atomic mass is 32.2. The van der Waals surface area contributed by atoms with Crippen LogP contribution in [0, 0.1) is 11.6 Å². The minimum Gasteiger partial charge on any atom is -0.496 e. The van der Waals surface area contributed by atoms with Crippen LogP contribution >= 0.6 is 0 Å². The van der Waals surface area contributed by atoms with Crippen molar-refractivity contribution in [3.8, 4) is 11.5 Å². The lowest BCUT2D eigenvalue weighted by molar-refractivity contribution is -0.125. The molecule has 0 saturated carbocycles. The van der Waals surface area contributed by atoms with Gasteiger partial charge in [0.25, 0.3) is 15.9 Å². The lowest BCUT2D eigenvalue weighted by Gasteiger charge is -2.36. The number of Topliss-reactive ketones (excluding diaryl/α,β-unsaturated/α-hetero) is 1. The Labute approximate surface area is 230 Å². The van der Waals surface area contributed by atoms with Crippen LogP contribution in [0.15, 0.2) is 35.2 Å². The maximum atomic E-state index is 14.2. The van der Waals surface area contributed by atoms with Crippen LogP contribution in [0.25, 0.3) is 0 Å². The Morgan fingerprint density at radius 1 is 1.05 bits per heavy atom. The van der Waals surface area contributed by atoms with E-state index in [0.29, 0.717) is 51.4 Å². The van der Waals surface area contributed by atoms with Crippen molar-refractivity contribution < 1.29 is 41.1 Å². The summed E-state index contributed by atoms with van der Waals surface area (Å²) in [6, 6.07) is 4.24. The molecule has 0 bridgehead atoms. The molecule has 0 radical (unpaired) electrons. The van der Waals surface area contributed by atoms with Crippen molar-refractivity contribution >= 4 is 33.4 Å². The molecule has 14 heteroatoms. The minimum absolute atomic E-state index is 0.0366. The summed E-state index contributed by atoms with van der Waals surface area (Å²) in [6.07, 6.45) is 2.39. The molecule has 0 aromatic heterocycles. The summed E-state index contributed by atoms with van der Waals surface area (Å²) in [5.74, 6) is -2.57. The Bertz CT molecular complexity index is 1430. The molecule has 2 saturated heterocycles. The third-order valence-corrected chi connectivity index (χ3v) is 8.50. The first-order valence-corrected chi connectivity index (χ1v) is 14.1. The van der Waals surface area contributed by atoms with Gasteiger partial charge in [0.05, 0.1) is 25.5 Å². The number of carbonyl (C=O) groups is 3. The Morgan fingerprint density at radius 3 is 2.35 bits per heavy atom. The van der Waals surface area contributed by atoms with Crippen LogP contribution in [0.2, 0.25) is 0 Å². The largest absolute Gasteiger partial charge is 0.496 e. The second-order valence-corrected chi connectivity index (χ2v) is 11.3. The van der Waals surface area contributed by atoms with Gasteiger partial charge in [-0.05, 0) is 50.4 Å². The third-order valence-electron chi connectivity index (χ3n) is 7.10. The first-order valence-electron chi connectivity index (χ1n) is 12.6. The van der Waals surface area contributed by atoms with Crippen LogP contribution in [-0.4, -0.2) is 70.4 Å². The highest BCUT2D eigenvalue weighted by Crippen LogP contribution is 2.35. The average Bonchev–Trinajstić information content (AvgIpc) is 3.18. The van der Waals surface area contributed by atoms with Crippen LogP contribution in [0.4, 0.5) is 19.3 Å². The normalized spacial score (nSPS) is 16.9. The SMILES string of the molecule is COc1cc(OC)c(C(=O)CCCCN2CCC3(CC2)NC(=O)NC3=O)cc1NS(=O)(=O)c1ccc(F)cc1F. The number of likely N-dealkylation sites (tertiary alicyclic amines) is 1. The maximum Gasteiger partial charge on any atom is 0.322 e. The highest BCUT2D eigenvalue weighted by Gasteiger charge is 2.47. The second-order valence-electron chi connectivity index (χ2n) is 9.65. The number of anilines is 1. The van der Waals surface area contributed by atoms with Crippen molar-refractivity contribution in [2.24, 2.45) is 0 Å². The molecule has 0 atom stereocenters. The molecule has 4 rings (SSSR count). The average molecular weight is 581 g/mol. The number of piperidine rings is 1. The summed E-state index contributed by atoms with van der Waals surface area (Å²) in [6.45, 7) is 1.96. The Balaban J connectivity index is 1.38. The number of urea groups is 1. The fourth-order valence-electron chi connectivity index (χ4n) is 4.88. The number of imide groups is 1. The van der Waals surface area contributed by atoms with Gasteiger partial charge in [0.2, 0.25) is 0 Å². The van der Waals surface area contributed by atoms with Crippen molar-refractivity contribution in [2.45, 2.75) is 42.5 Å². The first-order chi connectivity index (χ1) is 19.0. The van der Waals surface area contributed by atoms with E-state index in [4.69, 9.17) is 9.47 Å². The molecular weight excluding hydrogens is 550 g/mol. The molecule has 2 aromatic rings. The number of carbonyl (C=O) groups excluding carboxylic acids is 3. The fraction of sp³-hybridized carbons (Fsp3) is 0.423. The van der Waals surface area contributed by atoms with E-state index in [2.05, 4.69) is 20.3 Å². The standard InChI is InChI=1S/C26H30F2N4O7S/c1-38-21-15-22(39-2)19(31-40(36,37)23-7-6-16(27)13-18(23)28)14-17(21)20(33)5-3-4-10-32-11-8-26(9-12-32)24(34)29-25(35)30-26/h6-7,13-15,31H,3-5,8-12H2,1-2H3,(H2,29,30,34,35). The lowest BCUT2D eigenvalue weighted by atomic mass is 9.87.